The first-order chi connectivity index (χ1) is 12.5. The maximum Gasteiger partial charge on any atom is 0.266 e. The van der Waals surface area contributed by atoms with Crippen LogP contribution in [0.5, 0.6) is 5.75 Å². The van der Waals surface area contributed by atoms with Gasteiger partial charge in [0.2, 0.25) is 0 Å². The molecule has 0 aliphatic rings. The number of para-hydroxylation sites is 1. The number of nitrogens with one attached hydrogen (secondary N) is 1. The molecule has 132 valence electrons. The lowest BCUT2D eigenvalue weighted by Gasteiger charge is -2.09. The lowest BCUT2D eigenvalue weighted by atomic mass is 10.1. The second-order valence-corrected chi connectivity index (χ2v) is 6.20. The van der Waals surface area contributed by atoms with E-state index in [2.05, 4.69) is 21.2 Å². The van der Waals surface area contributed by atoms with Gasteiger partial charge in [-0.25, -0.2) is 0 Å². The van der Waals surface area contributed by atoms with E-state index in [1.807, 2.05) is 13.0 Å². The number of nitrogens with zero attached hydrogens (tertiary/aromatic N) is 1. The standard InChI is InChI=1S/C20H17BrN2O3/c1-3-26-19-9-8-14(11-17(19)21)10-15(12-22)20(25)23-18-7-5-4-6-16(18)13(2)24/h4-11H,3H2,1-2H3,(H,23,25)/b15-10-. The number of ketones is 1. The fourth-order valence-electron chi connectivity index (χ4n) is 2.28. The molecule has 0 bridgehead atoms. The van der Waals surface area contributed by atoms with Gasteiger partial charge in [-0.1, -0.05) is 18.2 Å². The highest BCUT2D eigenvalue weighted by Gasteiger charge is 2.13. The van der Waals surface area contributed by atoms with Crippen LogP contribution in [0.25, 0.3) is 6.08 Å². The molecule has 0 radical (unpaired) electrons. The fraction of sp³-hybridized carbons (Fsp3) is 0.150. The van der Waals surface area contributed by atoms with Crippen molar-refractivity contribution in [3.05, 3.63) is 63.6 Å². The Balaban J connectivity index is 2.27. The summed E-state index contributed by atoms with van der Waals surface area (Å²) in [6.07, 6.45) is 1.48. The molecule has 0 saturated heterocycles. The van der Waals surface area contributed by atoms with Crippen LogP contribution in [0.1, 0.15) is 29.8 Å². The van der Waals surface area contributed by atoms with E-state index in [-0.39, 0.29) is 11.4 Å². The van der Waals surface area contributed by atoms with Crippen LogP contribution in [-0.4, -0.2) is 18.3 Å². The summed E-state index contributed by atoms with van der Waals surface area (Å²) in [6.45, 7) is 3.84. The number of carbonyl (C=O) groups is 2. The number of nitriles is 1. The second-order valence-electron chi connectivity index (χ2n) is 5.35. The normalized spacial score (nSPS) is 10.8. The van der Waals surface area contributed by atoms with E-state index in [1.165, 1.54) is 13.0 Å². The average molecular weight is 413 g/mol. The molecule has 1 N–H and O–H groups in total. The molecular weight excluding hydrogens is 396 g/mol. The van der Waals surface area contributed by atoms with Gasteiger partial charge >= 0.3 is 0 Å². The minimum absolute atomic E-state index is 0.0700. The van der Waals surface area contributed by atoms with Crippen molar-refractivity contribution < 1.29 is 14.3 Å². The number of amides is 1. The zero-order valence-electron chi connectivity index (χ0n) is 14.4. The summed E-state index contributed by atoms with van der Waals surface area (Å²) in [6, 6.07) is 13.8. The number of anilines is 1. The maximum absolute atomic E-state index is 12.4. The molecule has 6 heteroatoms. The third kappa shape index (κ3) is 4.80. The Hall–Kier alpha value is -2.91. The Kier molecular flexibility index (Phi) is 6.70. The molecule has 5 nitrogen and oxygen atoms in total. The molecule has 0 atom stereocenters. The molecule has 0 unspecified atom stereocenters. The summed E-state index contributed by atoms with van der Waals surface area (Å²) in [4.78, 5) is 24.1. The number of rotatable bonds is 6. The highest BCUT2D eigenvalue weighted by Crippen LogP contribution is 2.27. The van der Waals surface area contributed by atoms with E-state index >= 15 is 0 Å². The van der Waals surface area contributed by atoms with Gasteiger partial charge in [0.1, 0.15) is 17.4 Å². The third-order valence-electron chi connectivity index (χ3n) is 3.49. The van der Waals surface area contributed by atoms with Gasteiger partial charge in [0.05, 0.1) is 16.8 Å². The first-order valence-electron chi connectivity index (χ1n) is 7.91. The number of benzene rings is 2. The van der Waals surface area contributed by atoms with Crippen LogP contribution in [0, 0.1) is 11.3 Å². The van der Waals surface area contributed by atoms with E-state index in [0.29, 0.717) is 29.2 Å². The van der Waals surface area contributed by atoms with E-state index < -0.39 is 5.91 Å². The van der Waals surface area contributed by atoms with Crippen molar-refractivity contribution in [1.29, 1.82) is 5.26 Å². The Morgan fingerprint density at radius 1 is 1.27 bits per heavy atom. The van der Waals surface area contributed by atoms with Crippen LogP contribution < -0.4 is 10.1 Å². The molecule has 0 fully saturated rings. The van der Waals surface area contributed by atoms with Gasteiger partial charge in [-0.2, -0.15) is 5.26 Å². The first-order valence-corrected chi connectivity index (χ1v) is 8.71. The number of Topliss-reactive ketones (excluding diaryl/α,β-unsaturated/α-hetero) is 1. The fourth-order valence-corrected chi connectivity index (χ4v) is 2.79. The molecule has 26 heavy (non-hydrogen) atoms. The lowest BCUT2D eigenvalue weighted by molar-refractivity contribution is -0.112. The van der Waals surface area contributed by atoms with Gasteiger partial charge in [-0.15, -0.1) is 0 Å². The van der Waals surface area contributed by atoms with E-state index in [4.69, 9.17) is 4.74 Å². The Labute approximate surface area is 160 Å². The topological polar surface area (TPSA) is 79.2 Å². The second kappa shape index (κ2) is 8.97. The molecule has 1 amide bonds. The Morgan fingerprint density at radius 3 is 2.62 bits per heavy atom. The monoisotopic (exact) mass is 412 g/mol. The zero-order valence-corrected chi connectivity index (χ0v) is 16.0. The average Bonchev–Trinajstić information content (AvgIpc) is 2.62. The van der Waals surface area contributed by atoms with Gasteiger partial charge in [0, 0.05) is 5.56 Å². The minimum atomic E-state index is -0.578. The summed E-state index contributed by atoms with van der Waals surface area (Å²) in [7, 11) is 0. The van der Waals surface area contributed by atoms with Crippen LogP contribution in [-0.2, 0) is 4.79 Å². The Bertz CT molecular complexity index is 914. The minimum Gasteiger partial charge on any atom is -0.493 e. The SMILES string of the molecule is CCOc1ccc(/C=C(/C#N)C(=O)Nc2ccccc2C(C)=O)cc1Br. The predicted molar refractivity (Wildman–Crippen MR) is 104 cm³/mol. The number of hydrogen-bond donors (Lipinski definition) is 1. The van der Waals surface area contributed by atoms with E-state index in [9.17, 15) is 14.9 Å². The summed E-state index contributed by atoms with van der Waals surface area (Å²) in [5.41, 5.74) is 1.37. The quantitative estimate of drug-likeness (QED) is 0.427. The van der Waals surface area contributed by atoms with Crippen molar-refractivity contribution in [2.24, 2.45) is 0 Å². The Morgan fingerprint density at radius 2 is 2.00 bits per heavy atom. The molecule has 0 heterocycles. The molecule has 2 aromatic rings. The molecule has 0 aromatic heterocycles. The summed E-state index contributed by atoms with van der Waals surface area (Å²) in [5.74, 6) is -0.0620. The van der Waals surface area contributed by atoms with Crippen molar-refractivity contribution in [3.63, 3.8) is 0 Å². The molecule has 2 aromatic carbocycles. The molecule has 0 aliphatic heterocycles. The van der Waals surface area contributed by atoms with Gasteiger partial charge in [-0.05, 0) is 65.7 Å². The zero-order chi connectivity index (χ0) is 19.1. The van der Waals surface area contributed by atoms with Crippen LogP contribution >= 0.6 is 15.9 Å². The van der Waals surface area contributed by atoms with Crippen molar-refractivity contribution in [2.75, 3.05) is 11.9 Å². The van der Waals surface area contributed by atoms with Crippen LogP contribution in [0.4, 0.5) is 5.69 Å². The highest BCUT2D eigenvalue weighted by atomic mass is 79.9. The molecule has 0 aliphatic carbocycles. The number of halogens is 1. The number of carbonyl (C=O) groups excluding carboxylic acids is 2. The number of ether oxygens (including phenoxy) is 1. The van der Waals surface area contributed by atoms with Crippen molar-refractivity contribution >= 4 is 39.4 Å². The highest BCUT2D eigenvalue weighted by molar-refractivity contribution is 9.10. The third-order valence-corrected chi connectivity index (χ3v) is 4.11. The van der Waals surface area contributed by atoms with Crippen molar-refractivity contribution in [1.82, 2.24) is 0 Å². The van der Waals surface area contributed by atoms with E-state index in [1.54, 1.807) is 42.5 Å². The van der Waals surface area contributed by atoms with Gasteiger partial charge in [0.15, 0.2) is 5.78 Å². The lowest BCUT2D eigenvalue weighted by Crippen LogP contribution is -2.15. The molecule has 0 spiro atoms. The molecule has 0 saturated carbocycles. The summed E-state index contributed by atoms with van der Waals surface area (Å²) >= 11 is 3.40. The van der Waals surface area contributed by atoms with Crippen molar-refractivity contribution in [3.8, 4) is 11.8 Å². The molecular formula is C20H17BrN2O3. The predicted octanol–water partition coefficient (Wildman–Crippen LogP) is 4.60. The smallest absolute Gasteiger partial charge is 0.266 e. The van der Waals surface area contributed by atoms with Crippen molar-refractivity contribution in [2.45, 2.75) is 13.8 Å². The van der Waals surface area contributed by atoms with Crippen LogP contribution in [0.15, 0.2) is 52.5 Å². The first kappa shape index (κ1) is 19.4. The largest absolute Gasteiger partial charge is 0.493 e. The van der Waals surface area contributed by atoms with Crippen LogP contribution in [0.2, 0.25) is 0 Å². The summed E-state index contributed by atoms with van der Waals surface area (Å²) < 4.78 is 6.17. The van der Waals surface area contributed by atoms with Gasteiger partial charge in [0.25, 0.3) is 5.91 Å². The molecule has 2 rings (SSSR count). The maximum atomic E-state index is 12.4. The van der Waals surface area contributed by atoms with Gasteiger partial charge in [-0.3, -0.25) is 9.59 Å². The van der Waals surface area contributed by atoms with Gasteiger partial charge < -0.3 is 10.1 Å². The summed E-state index contributed by atoms with van der Waals surface area (Å²) in [5, 5.41) is 12.0. The van der Waals surface area contributed by atoms with Crippen LogP contribution in [0.3, 0.4) is 0 Å². The number of hydrogen-bond acceptors (Lipinski definition) is 4. The van der Waals surface area contributed by atoms with E-state index in [0.717, 1.165) is 4.47 Å².